The van der Waals surface area contributed by atoms with Crippen molar-refractivity contribution in [3.8, 4) is 0 Å². The van der Waals surface area contributed by atoms with Crippen molar-refractivity contribution in [3.05, 3.63) is 30.2 Å². The van der Waals surface area contributed by atoms with Gasteiger partial charge in [0.15, 0.2) is 0 Å². The topological polar surface area (TPSA) is 64.8 Å². The van der Waals surface area contributed by atoms with Gasteiger partial charge in [-0.25, -0.2) is 4.98 Å². The van der Waals surface area contributed by atoms with Crippen LogP contribution in [0.1, 0.15) is 0 Å². The minimum atomic E-state index is -3.49. The number of thiophene rings is 1. The van der Waals surface area contributed by atoms with E-state index in [0.717, 1.165) is 21.8 Å². The molecule has 0 aliphatic carbocycles. The minimum Gasteiger partial charge on any atom is -0.222 e. The maximum absolute atomic E-state index is 11.6. The first kappa shape index (κ1) is 8.39. The van der Waals surface area contributed by atoms with Crippen molar-refractivity contribution in [2.75, 3.05) is 0 Å². The van der Waals surface area contributed by atoms with Gasteiger partial charge in [-0.3, -0.25) is 0 Å². The smallest absolute Gasteiger partial charge is 0.222 e. The predicted molar refractivity (Wildman–Crippen MR) is 46.9 cm³/mol. The average molecular weight is 215 g/mol. The number of hydrogen-bond donors (Lipinski definition) is 0. The fourth-order valence-corrected chi connectivity index (χ4v) is 2.93. The molecule has 13 heavy (non-hydrogen) atoms. The zero-order chi connectivity index (χ0) is 9.31. The van der Waals surface area contributed by atoms with Gasteiger partial charge < -0.3 is 0 Å². The van der Waals surface area contributed by atoms with Gasteiger partial charge in [-0.1, -0.05) is 6.07 Å². The molecule has 0 atom stereocenters. The highest BCUT2D eigenvalue weighted by atomic mass is 32.2. The normalized spacial score (nSPS) is 11.7. The van der Waals surface area contributed by atoms with Crippen molar-refractivity contribution in [2.45, 2.75) is 4.21 Å². The third kappa shape index (κ3) is 1.36. The molecule has 0 aliphatic heterocycles. The fourth-order valence-electron chi connectivity index (χ4n) is 0.824. The van der Waals surface area contributed by atoms with Gasteiger partial charge in [0.1, 0.15) is 16.9 Å². The van der Waals surface area contributed by atoms with E-state index < -0.39 is 10.0 Å². The molecule has 2 rings (SSSR count). The van der Waals surface area contributed by atoms with Gasteiger partial charge in [0.2, 0.25) is 0 Å². The third-order valence-electron chi connectivity index (χ3n) is 1.39. The van der Waals surface area contributed by atoms with Crippen LogP contribution in [0.5, 0.6) is 0 Å². The lowest BCUT2D eigenvalue weighted by atomic mass is 10.7. The van der Waals surface area contributed by atoms with Gasteiger partial charge in [-0.05, 0) is 11.4 Å². The van der Waals surface area contributed by atoms with Gasteiger partial charge >= 0.3 is 0 Å². The average Bonchev–Trinajstić information content (AvgIpc) is 2.78. The highest BCUT2D eigenvalue weighted by Gasteiger charge is 2.17. The molecule has 0 unspecified atom stereocenters. The van der Waals surface area contributed by atoms with E-state index in [1.807, 2.05) is 0 Å². The van der Waals surface area contributed by atoms with Crippen molar-refractivity contribution < 1.29 is 8.42 Å². The zero-order valence-electron chi connectivity index (χ0n) is 6.36. The monoisotopic (exact) mass is 215 g/mol. The molecule has 7 heteroatoms. The summed E-state index contributed by atoms with van der Waals surface area (Å²) in [4.78, 5) is 3.58. The van der Waals surface area contributed by atoms with Crippen molar-refractivity contribution in [1.82, 2.24) is 14.2 Å². The Morgan fingerprint density at radius 3 is 2.85 bits per heavy atom. The lowest BCUT2D eigenvalue weighted by Gasteiger charge is -1.97. The van der Waals surface area contributed by atoms with E-state index in [0.29, 0.717) is 0 Å². The summed E-state index contributed by atoms with van der Waals surface area (Å²) in [6, 6.07) is 3.20. The van der Waals surface area contributed by atoms with Crippen LogP contribution in [-0.2, 0) is 10.0 Å². The molecule has 0 fully saturated rings. The van der Waals surface area contributed by atoms with Gasteiger partial charge in [0.05, 0.1) is 0 Å². The van der Waals surface area contributed by atoms with Gasteiger partial charge in [0.25, 0.3) is 10.0 Å². The van der Waals surface area contributed by atoms with Crippen molar-refractivity contribution >= 4 is 21.4 Å². The molecule has 0 aliphatic rings. The second-order valence-electron chi connectivity index (χ2n) is 2.21. The van der Waals surface area contributed by atoms with E-state index in [2.05, 4.69) is 10.1 Å². The number of nitrogens with zero attached hydrogens (tertiary/aromatic N) is 3. The Kier molecular flexibility index (Phi) is 1.89. The molecule has 68 valence electrons. The second kappa shape index (κ2) is 2.93. The van der Waals surface area contributed by atoms with Crippen molar-refractivity contribution in [2.24, 2.45) is 0 Å². The molecule has 0 amide bonds. The summed E-state index contributed by atoms with van der Waals surface area (Å²) in [5.74, 6) is 0. The molecular formula is C6H5N3O2S2. The molecule has 2 aromatic heterocycles. The third-order valence-corrected chi connectivity index (χ3v) is 4.30. The van der Waals surface area contributed by atoms with Crippen LogP contribution in [0.4, 0.5) is 0 Å². The van der Waals surface area contributed by atoms with Crippen LogP contribution in [0.2, 0.25) is 0 Å². The first-order valence-corrected chi connectivity index (χ1v) is 5.67. The molecule has 0 saturated carbocycles. The molecule has 0 saturated heterocycles. The van der Waals surface area contributed by atoms with Gasteiger partial charge in [-0.15, -0.1) is 20.5 Å². The van der Waals surface area contributed by atoms with Crippen LogP contribution in [0.15, 0.2) is 34.4 Å². The summed E-state index contributed by atoms with van der Waals surface area (Å²) in [5, 5.41) is 5.27. The van der Waals surface area contributed by atoms with E-state index in [9.17, 15) is 8.42 Å². The van der Waals surface area contributed by atoms with Crippen molar-refractivity contribution in [1.29, 1.82) is 0 Å². The first-order valence-electron chi connectivity index (χ1n) is 3.35. The Bertz CT molecular complexity index is 432. The summed E-state index contributed by atoms with van der Waals surface area (Å²) in [5.41, 5.74) is 0. The van der Waals surface area contributed by atoms with Crippen LogP contribution in [0.3, 0.4) is 0 Å². The standard InChI is InChI=1S/C6H5N3O2S2/c10-13(11,6-2-1-3-12-6)9-5-7-4-8-9/h1-5H. The van der Waals surface area contributed by atoms with E-state index in [1.165, 1.54) is 12.4 Å². The molecule has 0 spiro atoms. The van der Waals surface area contributed by atoms with Crippen LogP contribution in [0, 0.1) is 0 Å². The molecule has 2 heterocycles. The van der Waals surface area contributed by atoms with Crippen LogP contribution >= 0.6 is 11.3 Å². The second-order valence-corrected chi connectivity index (χ2v) is 5.18. The van der Waals surface area contributed by atoms with Crippen LogP contribution in [0.25, 0.3) is 0 Å². The maximum Gasteiger partial charge on any atom is 0.293 e. The number of aromatic nitrogens is 3. The molecule has 0 N–H and O–H groups in total. The lowest BCUT2D eigenvalue weighted by molar-refractivity contribution is 0.582. The number of hydrogen-bond acceptors (Lipinski definition) is 5. The number of rotatable bonds is 2. The lowest BCUT2D eigenvalue weighted by Crippen LogP contribution is -2.11. The molecule has 5 nitrogen and oxygen atoms in total. The largest absolute Gasteiger partial charge is 0.293 e. The molecule has 2 aromatic rings. The minimum absolute atomic E-state index is 0.262. The molecule has 0 radical (unpaired) electrons. The summed E-state index contributed by atoms with van der Waals surface area (Å²) < 4.78 is 24.4. The molecule has 0 bridgehead atoms. The summed E-state index contributed by atoms with van der Waals surface area (Å²) in [7, 11) is -3.49. The SMILES string of the molecule is O=S(=O)(c1cccs1)n1cncn1. The summed E-state index contributed by atoms with van der Waals surface area (Å²) in [6.07, 6.45) is 2.35. The van der Waals surface area contributed by atoms with Gasteiger partial charge in [-0.2, -0.15) is 8.42 Å². The van der Waals surface area contributed by atoms with E-state index in [4.69, 9.17) is 0 Å². The zero-order valence-corrected chi connectivity index (χ0v) is 7.99. The van der Waals surface area contributed by atoms with E-state index in [-0.39, 0.29) is 4.21 Å². The Hall–Kier alpha value is -1.21. The summed E-state index contributed by atoms with van der Waals surface area (Å²) >= 11 is 1.15. The quantitative estimate of drug-likeness (QED) is 0.735. The van der Waals surface area contributed by atoms with Crippen LogP contribution in [-0.4, -0.2) is 22.6 Å². The molecular weight excluding hydrogens is 210 g/mol. The first-order chi connectivity index (χ1) is 6.21. The maximum atomic E-state index is 11.6. The fraction of sp³-hybridized carbons (Fsp3) is 0. The predicted octanol–water partition coefficient (Wildman–Crippen LogP) is 0.577. The Morgan fingerprint density at radius 2 is 2.31 bits per heavy atom. The highest BCUT2D eigenvalue weighted by Crippen LogP contribution is 2.17. The summed E-state index contributed by atoms with van der Waals surface area (Å²) in [6.45, 7) is 0. The Morgan fingerprint density at radius 1 is 1.46 bits per heavy atom. The highest BCUT2D eigenvalue weighted by molar-refractivity contribution is 7.91. The van der Waals surface area contributed by atoms with Gasteiger partial charge in [0, 0.05) is 0 Å². The van der Waals surface area contributed by atoms with E-state index >= 15 is 0 Å². The van der Waals surface area contributed by atoms with Crippen LogP contribution < -0.4 is 0 Å². The molecule has 0 aromatic carbocycles. The Labute approximate surface area is 78.7 Å². The van der Waals surface area contributed by atoms with E-state index in [1.54, 1.807) is 11.4 Å². The Balaban J connectivity index is 2.56. The van der Waals surface area contributed by atoms with Crippen molar-refractivity contribution in [3.63, 3.8) is 0 Å².